The molecule has 3 heterocycles. The normalized spacial score (nSPS) is 14.2. The van der Waals surface area contributed by atoms with Crippen LogP contribution < -0.4 is 10.6 Å². The molecule has 1 aliphatic heterocycles. The van der Waals surface area contributed by atoms with Crippen LogP contribution in [-0.2, 0) is 4.74 Å². The van der Waals surface area contributed by atoms with Crippen LogP contribution in [0.1, 0.15) is 10.4 Å². The largest absolute Gasteiger partial charge is 0.379 e. The number of hydrogen-bond acceptors (Lipinski definition) is 6. The number of aromatic nitrogens is 2. The fourth-order valence-corrected chi connectivity index (χ4v) is 3.82. The van der Waals surface area contributed by atoms with Crippen molar-refractivity contribution in [2.45, 2.75) is 0 Å². The number of nitrogens with zero attached hydrogens (tertiary/aromatic N) is 3. The number of pyridine rings is 2. The van der Waals surface area contributed by atoms with Gasteiger partial charge >= 0.3 is 0 Å². The molecule has 1 aromatic carbocycles. The first-order valence-electron chi connectivity index (χ1n) is 10.3. The maximum Gasteiger partial charge on any atom is 0.257 e. The molecule has 32 heavy (non-hydrogen) atoms. The summed E-state index contributed by atoms with van der Waals surface area (Å²) in [6.07, 6.45) is 3.20. The highest BCUT2D eigenvalue weighted by atomic mass is 35.5. The van der Waals surface area contributed by atoms with E-state index in [1.165, 1.54) is 6.20 Å². The van der Waals surface area contributed by atoms with Crippen molar-refractivity contribution in [2.75, 3.05) is 50.0 Å². The van der Waals surface area contributed by atoms with Crippen molar-refractivity contribution in [3.8, 4) is 11.3 Å². The van der Waals surface area contributed by atoms with Crippen LogP contribution >= 0.6 is 23.2 Å². The van der Waals surface area contributed by atoms with Crippen molar-refractivity contribution in [1.29, 1.82) is 0 Å². The maximum atomic E-state index is 12.7. The third kappa shape index (κ3) is 5.75. The fourth-order valence-electron chi connectivity index (χ4n) is 3.37. The van der Waals surface area contributed by atoms with Gasteiger partial charge in [-0.05, 0) is 36.4 Å². The summed E-state index contributed by atoms with van der Waals surface area (Å²) in [6, 6.07) is 12.4. The second-order valence-corrected chi connectivity index (χ2v) is 8.11. The molecule has 0 atom stereocenters. The van der Waals surface area contributed by atoms with Crippen LogP contribution in [-0.4, -0.2) is 60.2 Å². The predicted octanol–water partition coefficient (Wildman–Crippen LogP) is 4.45. The Balaban J connectivity index is 1.39. The van der Waals surface area contributed by atoms with Crippen LogP contribution in [0.4, 0.5) is 11.5 Å². The van der Waals surface area contributed by atoms with Gasteiger partial charge in [0.15, 0.2) is 0 Å². The van der Waals surface area contributed by atoms with Gasteiger partial charge in [-0.1, -0.05) is 29.3 Å². The maximum absolute atomic E-state index is 12.7. The average Bonchev–Trinajstić information content (AvgIpc) is 2.82. The van der Waals surface area contributed by atoms with Crippen molar-refractivity contribution in [1.82, 2.24) is 14.9 Å². The summed E-state index contributed by atoms with van der Waals surface area (Å²) in [5.74, 6) is 0.244. The van der Waals surface area contributed by atoms with Gasteiger partial charge in [-0.3, -0.25) is 14.7 Å². The molecule has 2 N–H and O–H groups in total. The lowest BCUT2D eigenvalue weighted by molar-refractivity contribution is 0.0398. The van der Waals surface area contributed by atoms with Gasteiger partial charge in [0.1, 0.15) is 5.82 Å². The van der Waals surface area contributed by atoms with Gasteiger partial charge in [0.25, 0.3) is 5.91 Å². The topological polar surface area (TPSA) is 79.4 Å². The highest BCUT2D eigenvalue weighted by molar-refractivity contribution is 6.34. The number of carbonyl (C=O) groups is 1. The number of morpholine rings is 1. The van der Waals surface area contributed by atoms with Crippen molar-refractivity contribution in [2.24, 2.45) is 0 Å². The Hall–Kier alpha value is -2.71. The van der Waals surface area contributed by atoms with Gasteiger partial charge in [0, 0.05) is 49.8 Å². The Kier molecular flexibility index (Phi) is 7.55. The SMILES string of the molecule is O=C(Nc1ccc(Cl)c(-c2ccccn2)c1)c1cnc(NCCN2CCOCC2)c(Cl)c1. The number of benzene rings is 1. The molecule has 1 amide bonds. The molecule has 7 nitrogen and oxygen atoms in total. The Morgan fingerprint density at radius 3 is 2.66 bits per heavy atom. The summed E-state index contributed by atoms with van der Waals surface area (Å²) in [5, 5.41) is 7.04. The molecule has 0 unspecified atom stereocenters. The van der Waals surface area contributed by atoms with E-state index >= 15 is 0 Å². The van der Waals surface area contributed by atoms with Gasteiger partial charge < -0.3 is 15.4 Å². The molecule has 0 saturated carbocycles. The predicted molar refractivity (Wildman–Crippen MR) is 128 cm³/mol. The van der Waals surface area contributed by atoms with E-state index in [1.807, 2.05) is 18.2 Å². The second-order valence-electron chi connectivity index (χ2n) is 7.30. The van der Waals surface area contributed by atoms with E-state index in [4.69, 9.17) is 27.9 Å². The standard InChI is InChI=1S/C23H23Cl2N5O2/c24-19-5-4-17(14-18(19)21-3-1-2-6-26-21)29-23(31)16-13-20(25)22(28-15-16)27-7-8-30-9-11-32-12-10-30/h1-6,13-15H,7-12H2,(H,27,28)(H,29,31). The number of ether oxygens (including phenoxy) is 1. The Labute approximate surface area is 196 Å². The monoisotopic (exact) mass is 471 g/mol. The van der Waals surface area contributed by atoms with Crippen LogP contribution in [0.3, 0.4) is 0 Å². The average molecular weight is 472 g/mol. The van der Waals surface area contributed by atoms with Crippen LogP contribution in [0, 0.1) is 0 Å². The molecular formula is C23H23Cl2N5O2. The molecule has 0 radical (unpaired) electrons. The molecule has 1 aliphatic rings. The zero-order chi connectivity index (χ0) is 22.3. The third-order valence-electron chi connectivity index (χ3n) is 5.09. The summed E-state index contributed by atoms with van der Waals surface area (Å²) in [7, 11) is 0. The summed E-state index contributed by atoms with van der Waals surface area (Å²) in [4.78, 5) is 23.7. The first kappa shape index (κ1) is 22.5. The van der Waals surface area contributed by atoms with Gasteiger partial charge in [-0.25, -0.2) is 4.98 Å². The van der Waals surface area contributed by atoms with Crippen molar-refractivity contribution in [3.05, 3.63) is 70.5 Å². The number of amides is 1. The summed E-state index contributed by atoms with van der Waals surface area (Å²) in [5.41, 5.74) is 2.43. The quantitative estimate of drug-likeness (QED) is 0.529. The molecule has 166 valence electrons. The molecule has 0 bridgehead atoms. The van der Waals surface area contributed by atoms with E-state index in [2.05, 4.69) is 25.5 Å². The van der Waals surface area contributed by atoms with Crippen LogP contribution in [0.5, 0.6) is 0 Å². The smallest absolute Gasteiger partial charge is 0.257 e. The number of anilines is 2. The first-order valence-corrected chi connectivity index (χ1v) is 11.1. The van der Waals surface area contributed by atoms with Crippen molar-refractivity contribution < 1.29 is 9.53 Å². The number of nitrogens with one attached hydrogen (secondary N) is 2. The highest BCUT2D eigenvalue weighted by Crippen LogP contribution is 2.29. The molecule has 9 heteroatoms. The third-order valence-corrected chi connectivity index (χ3v) is 5.71. The first-order chi connectivity index (χ1) is 15.6. The number of hydrogen-bond donors (Lipinski definition) is 2. The molecule has 4 rings (SSSR count). The van der Waals surface area contributed by atoms with Crippen LogP contribution in [0.25, 0.3) is 11.3 Å². The fraction of sp³-hybridized carbons (Fsp3) is 0.261. The minimum Gasteiger partial charge on any atom is -0.379 e. The van der Waals surface area contributed by atoms with E-state index < -0.39 is 0 Å². The minimum absolute atomic E-state index is 0.312. The lowest BCUT2D eigenvalue weighted by atomic mass is 10.1. The van der Waals surface area contributed by atoms with Gasteiger partial charge in [-0.15, -0.1) is 0 Å². The molecule has 0 spiro atoms. The number of carbonyl (C=O) groups excluding carboxylic acids is 1. The minimum atomic E-state index is -0.312. The Bertz CT molecular complexity index is 1080. The van der Waals surface area contributed by atoms with E-state index in [0.717, 1.165) is 44.1 Å². The highest BCUT2D eigenvalue weighted by Gasteiger charge is 2.13. The van der Waals surface area contributed by atoms with Gasteiger partial charge in [0.05, 0.1) is 34.5 Å². The van der Waals surface area contributed by atoms with Gasteiger partial charge in [0.2, 0.25) is 0 Å². The van der Waals surface area contributed by atoms with E-state index in [1.54, 1.807) is 30.5 Å². The van der Waals surface area contributed by atoms with Gasteiger partial charge in [-0.2, -0.15) is 0 Å². The Morgan fingerprint density at radius 2 is 1.91 bits per heavy atom. The van der Waals surface area contributed by atoms with E-state index in [-0.39, 0.29) is 5.91 Å². The number of rotatable bonds is 7. The summed E-state index contributed by atoms with van der Waals surface area (Å²) < 4.78 is 5.35. The van der Waals surface area contributed by atoms with Crippen molar-refractivity contribution >= 4 is 40.6 Å². The molecule has 2 aromatic heterocycles. The molecule has 1 fully saturated rings. The molecule has 1 saturated heterocycles. The summed E-state index contributed by atoms with van der Waals surface area (Å²) in [6.45, 7) is 4.96. The van der Waals surface area contributed by atoms with E-state index in [0.29, 0.717) is 33.7 Å². The Morgan fingerprint density at radius 1 is 1.06 bits per heavy atom. The van der Waals surface area contributed by atoms with Crippen LogP contribution in [0.15, 0.2) is 54.9 Å². The lowest BCUT2D eigenvalue weighted by Crippen LogP contribution is -2.39. The zero-order valence-electron chi connectivity index (χ0n) is 17.4. The van der Waals surface area contributed by atoms with Crippen LogP contribution in [0.2, 0.25) is 10.0 Å². The molecule has 0 aliphatic carbocycles. The number of halogens is 2. The molecule has 3 aromatic rings. The molecular weight excluding hydrogens is 449 g/mol. The van der Waals surface area contributed by atoms with Crippen molar-refractivity contribution in [3.63, 3.8) is 0 Å². The second kappa shape index (κ2) is 10.7. The lowest BCUT2D eigenvalue weighted by Gasteiger charge is -2.26. The zero-order valence-corrected chi connectivity index (χ0v) is 18.9. The summed E-state index contributed by atoms with van der Waals surface area (Å²) >= 11 is 12.7. The van der Waals surface area contributed by atoms with E-state index in [9.17, 15) is 4.79 Å².